The van der Waals surface area contributed by atoms with E-state index in [1.165, 1.54) is 4.88 Å². The first-order chi connectivity index (χ1) is 8.99. The van der Waals surface area contributed by atoms with Crippen molar-refractivity contribution in [2.75, 3.05) is 0 Å². The Morgan fingerprint density at radius 1 is 1.42 bits per heavy atom. The number of thiophene rings is 1. The quantitative estimate of drug-likeness (QED) is 0.881. The smallest absolute Gasteiger partial charge is 0.165 e. The summed E-state index contributed by atoms with van der Waals surface area (Å²) in [6.45, 7) is 10.2. The molecule has 0 unspecified atom stereocenters. The van der Waals surface area contributed by atoms with Gasteiger partial charge in [-0.05, 0) is 21.9 Å². The molecule has 104 valence electrons. The maximum absolute atomic E-state index is 4.11. The zero-order chi connectivity index (χ0) is 13.9. The second-order valence-electron chi connectivity index (χ2n) is 5.65. The molecule has 0 bridgehead atoms. The molecule has 0 aliphatic rings. The molecule has 2 aromatic heterocycles. The van der Waals surface area contributed by atoms with Crippen molar-refractivity contribution in [1.82, 2.24) is 25.5 Å². The number of nitrogens with zero attached hydrogens (tertiary/aromatic N) is 4. The molecule has 0 amide bonds. The first kappa shape index (κ1) is 14.1. The Labute approximate surface area is 118 Å². The number of hydrogen-bond acceptors (Lipinski definition) is 5. The van der Waals surface area contributed by atoms with Crippen LogP contribution in [0, 0.1) is 0 Å². The van der Waals surface area contributed by atoms with Gasteiger partial charge in [-0.25, -0.2) is 4.68 Å². The fourth-order valence-electron chi connectivity index (χ4n) is 1.88. The second-order valence-corrected chi connectivity index (χ2v) is 6.60. The van der Waals surface area contributed by atoms with Gasteiger partial charge in [0.25, 0.3) is 0 Å². The third-order valence-electron chi connectivity index (χ3n) is 3.01. The molecule has 19 heavy (non-hydrogen) atoms. The summed E-state index contributed by atoms with van der Waals surface area (Å²) in [4.78, 5) is 1.35. The normalized spacial score (nSPS) is 12.3. The molecular weight excluding hydrogens is 258 g/mol. The van der Waals surface area contributed by atoms with Crippen LogP contribution in [0.2, 0.25) is 0 Å². The lowest BCUT2D eigenvalue weighted by Crippen LogP contribution is -2.28. The topological polar surface area (TPSA) is 55.6 Å². The third-order valence-corrected chi connectivity index (χ3v) is 4.24. The van der Waals surface area contributed by atoms with Crippen molar-refractivity contribution in [3.05, 3.63) is 28.2 Å². The van der Waals surface area contributed by atoms with Crippen LogP contribution in [0.1, 0.15) is 38.4 Å². The van der Waals surface area contributed by atoms with Gasteiger partial charge in [0.15, 0.2) is 5.82 Å². The Morgan fingerprint density at radius 3 is 2.84 bits per heavy atom. The Kier molecular flexibility index (Phi) is 4.31. The van der Waals surface area contributed by atoms with Gasteiger partial charge in [0, 0.05) is 16.3 Å². The highest BCUT2D eigenvalue weighted by Gasteiger charge is 2.24. The molecular formula is C13H21N5S. The Morgan fingerprint density at radius 2 is 2.21 bits per heavy atom. The van der Waals surface area contributed by atoms with Crippen molar-refractivity contribution in [3.8, 4) is 0 Å². The van der Waals surface area contributed by atoms with E-state index in [-0.39, 0.29) is 5.41 Å². The van der Waals surface area contributed by atoms with E-state index in [0.29, 0.717) is 12.6 Å². The summed E-state index contributed by atoms with van der Waals surface area (Å²) in [5.41, 5.74) is 0.0378. The van der Waals surface area contributed by atoms with Crippen LogP contribution in [0.5, 0.6) is 0 Å². The maximum atomic E-state index is 4.11. The number of aromatic nitrogens is 4. The standard InChI is InChI=1S/C13H21N5S/c1-10(2)14-8-12-15-16-17-18(12)9-13(3,4)11-6-5-7-19-11/h5-7,10,14H,8-9H2,1-4H3. The van der Waals surface area contributed by atoms with E-state index in [4.69, 9.17) is 0 Å². The molecule has 0 aliphatic carbocycles. The van der Waals surface area contributed by atoms with Crippen molar-refractivity contribution in [3.63, 3.8) is 0 Å². The van der Waals surface area contributed by atoms with Gasteiger partial charge < -0.3 is 5.32 Å². The van der Waals surface area contributed by atoms with Gasteiger partial charge >= 0.3 is 0 Å². The van der Waals surface area contributed by atoms with E-state index in [2.05, 4.69) is 66.0 Å². The second kappa shape index (κ2) is 5.79. The average molecular weight is 279 g/mol. The minimum Gasteiger partial charge on any atom is -0.308 e. The number of nitrogens with one attached hydrogen (secondary N) is 1. The molecule has 0 atom stereocenters. The number of tetrazole rings is 1. The van der Waals surface area contributed by atoms with Crippen LogP contribution < -0.4 is 5.32 Å². The lowest BCUT2D eigenvalue weighted by Gasteiger charge is -2.23. The monoisotopic (exact) mass is 279 g/mol. The molecule has 0 spiro atoms. The van der Waals surface area contributed by atoms with E-state index < -0.39 is 0 Å². The van der Waals surface area contributed by atoms with E-state index in [1.807, 2.05) is 4.68 Å². The highest BCUT2D eigenvalue weighted by Crippen LogP contribution is 2.29. The van der Waals surface area contributed by atoms with E-state index in [1.54, 1.807) is 11.3 Å². The molecule has 0 fully saturated rings. The SMILES string of the molecule is CC(C)NCc1nnnn1CC(C)(C)c1cccs1. The van der Waals surface area contributed by atoms with Crippen LogP contribution >= 0.6 is 11.3 Å². The molecule has 5 nitrogen and oxygen atoms in total. The van der Waals surface area contributed by atoms with Crippen molar-refractivity contribution >= 4 is 11.3 Å². The first-order valence-corrected chi connectivity index (χ1v) is 7.39. The van der Waals surface area contributed by atoms with Crippen molar-refractivity contribution in [1.29, 1.82) is 0 Å². The highest BCUT2D eigenvalue weighted by molar-refractivity contribution is 7.10. The number of rotatable bonds is 6. The van der Waals surface area contributed by atoms with Gasteiger partial charge in [-0.2, -0.15) is 0 Å². The van der Waals surface area contributed by atoms with Crippen LogP contribution in [0.3, 0.4) is 0 Å². The minimum atomic E-state index is 0.0378. The summed E-state index contributed by atoms with van der Waals surface area (Å²) in [5.74, 6) is 0.887. The van der Waals surface area contributed by atoms with Gasteiger partial charge in [-0.1, -0.05) is 33.8 Å². The van der Waals surface area contributed by atoms with Crippen LogP contribution in [0.25, 0.3) is 0 Å². The summed E-state index contributed by atoms with van der Waals surface area (Å²) in [6, 6.07) is 4.68. The molecule has 0 aromatic carbocycles. The van der Waals surface area contributed by atoms with E-state index in [9.17, 15) is 0 Å². The van der Waals surface area contributed by atoms with Gasteiger partial charge in [0.2, 0.25) is 0 Å². The molecule has 0 saturated heterocycles. The Bertz CT molecular complexity index is 501. The highest BCUT2D eigenvalue weighted by atomic mass is 32.1. The number of hydrogen-bond donors (Lipinski definition) is 1. The van der Waals surface area contributed by atoms with Crippen molar-refractivity contribution in [2.45, 2.75) is 52.2 Å². The van der Waals surface area contributed by atoms with Crippen LogP contribution in [0.15, 0.2) is 17.5 Å². The molecule has 0 saturated carbocycles. The largest absolute Gasteiger partial charge is 0.308 e. The molecule has 2 aromatic rings. The predicted molar refractivity (Wildman–Crippen MR) is 77.1 cm³/mol. The van der Waals surface area contributed by atoms with Gasteiger partial charge in [-0.15, -0.1) is 16.4 Å². The average Bonchev–Trinajstić information content (AvgIpc) is 2.96. The lowest BCUT2D eigenvalue weighted by atomic mass is 9.91. The Hall–Kier alpha value is -1.27. The summed E-state index contributed by atoms with van der Waals surface area (Å²) in [7, 11) is 0. The van der Waals surface area contributed by atoms with Crippen LogP contribution in [-0.2, 0) is 18.5 Å². The zero-order valence-corrected chi connectivity index (χ0v) is 12.7. The summed E-state index contributed by atoms with van der Waals surface area (Å²) >= 11 is 1.78. The van der Waals surface area contributed by atoms with Gasteiger partial charge in [0.05, 0.1) is 13.1 Å². The fourth-order valence-corrected chi connectivity index (χ4v) is 2.73. The molecule has 0 aliphatic heterocycles. The maximum Gasteiger partial charge on any atom is 0.165 e. The summed E-state index contributed by atoms with van der Waals surface area (Å²) in [5, 5.41) is 17.5. The van der Waals surface area contributed by atoms with Crippen LogP contribution in [0.4, 0.5) is 0 Å². The van der Waals surface area contributed by atoms with Crippen molar-refractivity contribution in [2.24, 2.45) is 0 Å². The molecule has 0 radical (unpaired) electrons. The van der Waals surface area contributed by atoms with Crippen molar-refractivity contribution < 1.29 is 0 Å². The zero-order valence-electron chi connectivity index (χ0n) is 11.9. The van der Waals surface area contributed by atoms with Gasteiger partial charge in [-0.3, -0.25) is 0 Å². The van der Waals surface area contributed by atoms with Crippen LogP contribution in [-0.4, -0.2) is 26.2 Å². The third kappa shape index (κ3) is 3.61. The Balaban J connectivity index is 2.09. The van der Waals surface area contributed by atoms with E-state index in [0.717, 1.165) is 12.4 Å². The summed E-state index contributed by atoms with van der Waals surface area (Å²) < 4.78 is 1.90. The molecule has 6 heteroatoms. The molecule has 2 rings (SSSR count). The minimum absolute atomic E-state index is 0.0378. The molecule has 1 N–H and O–H groups in total. The van der Waals surface area contributed by atoms with Gasteiger partial charge in [0.1, 0.15) is 0 Å². The summed E-state index contributed by atoms with van der Waals surface area (Å²) in [6.07, 6.45) is 0. The molecule has 2 heterocycles. The fraction of sp³-hybridized carbons (Fsp3) is 0.615. The van der Waals surface area contributed by atoms with E-state index >= 15 is 0 Å². The lowest BCUT2D eigenvalue weighted by molar-refractivity contribution is 0.392. The first-order valence-electron chi connectivity index (χ1n) is 6.51. The predicted octanol–water partition coefficient (Wildman–Crippen LogP) is 2.21.